The summed E-state index contributed by atoms with van der Waals surface area (Å²) in [4.78, 5) is 24.7. The standard InChI is InChI=1S/C25H26O7/c1-28-20-9-8-18(16-6-7-19-17(12-16)14-30-23(19)26)21(22(20)29-2)32-25(10-11-25)24(27)31-13-15-4-3-5-15/h6-9,12,15H,3-5,10-11,13-14H2,1-2H3. The predicted octanol–water partition coefficient (Wildman–Crippen LogP) is 4.30. The van der Waals surface area contributed by atoms with Crippen LogP contribution in [0.1, 0.15) is 48.0 Å². The van der Waals surface area contributed by atoms with Gasteiger partial charge >= 0.3 is 11.9 Å². The number of fused-ring (bicyclic) bond motifs is 1. The van der Waals surface area contributed by atoms with Gasteiger partial charge in [-0.25, -0.2) is 9.59 Å². The van der Waals surface area contributed by atoms with Crippen LogP contribution in [-0.2, 0) is 20.9 Å². The minimum atomic E-state index is -1.01. The Morgan fingerprint density at radius 1 is 1.06 bits per heavy atom. The highest BCUT2D eigenvalue weighted by Gasteiger charge is 2.55. The molecular formula is C25H26O7. The second-order valence-corrected chi connectivity index (χ2v) is 8.62. The van der Waals surface area contributed by atoms with Gasteiger partial charge in [-0.1, -0.05) is 12.5 Å². The Kier molecular flexibility index (Phi) is 5.19. The van der Waals surface area contributed by atoms with Crippen LogP contribution in [0.2, 0.25) is 0 Å². The summed E-state index contributed by atoms with van der Waals surface area (Å²) in [6, 6.07) is 9.16. The number of carbonyl (C=O) groups excluding carboxylic acids is 2. The summed E-state index contributed by atoms with van der Waals surface area (Å²) in [5, 5.41) is 0. The smallest absolute Gasteiger partial charge is 0.350 e. The van der Waals surface area contributed by atoms with Gasteiger partial charge < -0.3 is 23.7 Å². The Bertz CT molecular complexity index is 1070. The molecule has 0 unspecified atom stereocenters. The molecule has 7 nitrogen and oxygen atoms in total. The third kappa shape index (κ3) is 3.55. The number of carbonyl (C=O) groups is 2. The molecule has 1 heterocycles. The van der Waals surface area contributed by atoms with Gasteiger partial charge in [0.1, 0.15) is 6.61 Å². The van der Waals surface area contributed by atoms with E-state index in [2.05, 4.69) is 0 Å². The lowest BCUT2D eigenvalue weighted by Crippen LogP contribution is -2.34. The number of cyclic esters (lactones) is 1. The lowest BCUT2D eigenvalue weighted by Gasteiger charge is -2.26. The van der Waals surface area contributed by atoms with E-state index in [-0.39, 0.29) is 18.5 Å². The lowest BCUT2D eigenvalue weighted by atomic mass is 9.86. The molecule has 0 saturated heterocycles. The Morgan fingerprint density at radius 3 is 2.50 bits per heavy atom. The highest BCUT2D eigenvalue weighted by molar-refractivity contribution is 5.94. The average Bonchev–Trinajstić information content (AvgIpc) is 3.47. The first kappa shape index (κ1) is 20.7. The van der Waals surface area contributed by atoms with E-state index >= 15 is 0 Å². The van der Waals surface area contributed by atoms with E-state index in [1.54, 1.807) is 19.2 Å². The van der Waals surface area contributed by atoms with Crippen molar-refractivity contribution in [3.05, 3.63) is 41.5 Å². The second kappa shape index (κ2) is 8.04. The van der Waals surface area contributed by atoms with E-state index < -0.39 is 5.60 Å². The third-order valence-corrected chi connectivity index (χ3v) is 6.54. The van der Waals surface area contributed by atoms with Crippen molar-refractivity contribution in [2.24, 2.45) is 5.92 Å². The van der Waals surface area contributed by atoms with Gasteiger partial charge in [-0.2, -0.15) is 0 Å². The maximum atomic E-state index is 12.9. The normalized spacial score (nSPS) is 18.2. The van der Waals surface area contributed by atoms with Crippen LogP contribution < -0.4 is 14.2 Å². The Labute approximate surface area is 186 Å². The highest BCUT2D eigenvalue weighted by Crippen LogP contribution is 2.51. The van der Waals surface area contributed by atoms with Gasteiger partial charge in [0.15, 0.2) is 11.5 Å². The molecule has 2 saturated carbocycles. The molecule has 168 valence electrons. The number of methoxy groups -OCH3 is 2. The zero-order valence-electron chi connectivity index (χ0n) is 18.3. The van der Waals surface area contributed by atoms with Crippen molar-refractivity contribution < 1.29 is 33.3 Å². The van der Waals surface area contributed by atoms with E-state index in [1.807, 2.05) is 18.2 Å². The summed E-state index contributed by atoms with van der Waals surface area (Å²) in [6.45, 7) is 0.688. The summed E-state index contributed by atoms with van der Waals surface area (Å²) < 4.78 is 28.2. The first-order valence-electron chi connectivity index (χ1n) is 11.0. The molecule has 0 bridgehead atoms. The van der Waals surface area contributed by atoms with Crippen molar-refractivity contribution in [2.75, 3.05) is 20.8 Å². The maximum Gasteiger partial charge on any atom is 0.350 e. The van der Waals surface area contributed by atoms with E-state index in [4.69, 9.17) is 23.7 Å². The van der Waals surface area contributed by atoms with Gasteiger partial charge in [0.25, 0.3) is 0 Å². The van der Waals surface area contributed by atoms with Gasteiger partial charge in [-0.05, 0) is 48.6 Å². The van der Waals surface area contributed by atoms with Crippen LogP contribution in [0.3, 0.4) is 0 Å². The van der Waals surface area contributed by atoms with E-state index in [9.17, 15) is 9.59 Å². The topological polar surface area (TPSA) is 80.3 Å². The van der Waals surface area contributed by atoms with Gasteiger partial charge in [-0.3, -0.25) is 0 Å². The molecule has 0 amide bonds. The van der Waals surface area contributed by atoms with Crippen LogP contribution in [0.4, 0.5) is 0 Å². The monoisotopic (exact) mass is 438 g/mol. The summed E-state index contributed by atoms with van der Waals surface area (Å²) in [6.07, 6.45) is 4.59. The first-order chi connectivity index (χ1) is 15.5. The number of hydrogen-bond donors (Lipinski definition) is 0. The minimum Gasteiger partial charge on any atom is -0.493 e. The molecule has 0 spiro atoms. The minimum absolute atomic E-state index is 0.239. The van der Waals surface area contributed by atoms with Gasteiger partial charge in [0.05, 0.1) is 26.4 Å². The molecule has 2 aliphatic carbocycles. The fourth-order valence-electron chi connectivity index (χ4n) is 4.17. The van der Waals surface area contributed by atoms with Crippen LogP contribution >= 0.6 is 0 Å². The molecule has 2 fully saturated rings. The quantitative estimate of drug-likeness (QED) is 0.569. The molecule has 0 N–H and O–H groups in total. The highest BCUT2D eigenvalue weighted by atomic mass is 16.6. The molecule has 5 rings (SSSR count). The summed E-state index contributed by atoms with van der Waals surface area (Å²) in [5.41, 5.74) is 1.94. The van der Waals surface area contributed by atoms with Crippen LogP contribution in [0.15, 0.2) is 30.3 Å². The zero-order chi connectivity index (χ0) is 22.3. The average molecular weight is 438 g/mol. The molecule has 0 aromatic heterocycles. The second-order valence-electron chi connectivity index (χ2n) is 8.62. The Morgan fingerprint density at radius 2 is 1.84 bits per heavy atom. The molecule has 2 aromatic carbocycles. The van der Waals surface area contributed by atoms with E-state index in [0.717, 1.165) is 29.5 Å². The van der Waals surface area contributed by atoms with Crippen molar-refractivity contribution in [3.8, 4) is 28.4 Å². The molecule has 2 aromatic rings. The van der Waals surface area contributed by atoms with Gasteiger partial charge in [-0.15, -0.1) is 0 Å². The molecule has 3 aliphatic rings. The third-order valence-electron chi connectivity index (χ3n) is 6.54. The number of ether oxygens (including phenoxy) is 5. The Balaban J connectivity index is 1.49. The van der Waals surface area contributed by atoms with E-state index in [0.29, 0.717) is 48.2 Å². The number of esters is 2. The fourth-order valence-corrected chi connectivity index (χ4v) is 4.17. The van der Waals surface area contributed by atoms with Crippen LogP contribution in [0.25, 0.3) is 11.1 Å². The van der Waals surface area contributed by atoms with Crippen LogP contribution in [-0.4, -0.2) is 38.4 Å². The van der Waals surface area contributed by atoms with E-state index in [1.165, 1.54) is 13.5 Å². The van der Waals surface area contributed by atoms with Crippen molar-refractivity contribution in [3.63, 3.8) is 0 Å². The van der Waals surface area contributed by atoms with Crippen molar-refractivity contribution in [2.45, 2.75) is 44.3 Å². The molecule has 0 atom stereocenters. The van der Waals surface area contributed by atoms with Crippen LogP contribution in [0.5, 0.6) is 17.2 Å². The maximum absolute atomic E-state index is 12.9. The van der Waals surface area contributed by atoms with Crippen LogP contribution in [0, 0.1) is 5.92 Å². The number of rotatable bonds is 8. The Hall–Kier alpha value is -3.22. The number of hydrogen-bond acceptors (Lipinski definition) is 7. The fraction of sp³-hybridized carbons (Fsp3) is 0.440. The molecule has 0 radical (unpaired) electrons. The molecule has 1 aliphatic heterocycles. The first-order valence-corrected chi connectivity index (χ1v) is 11.0. The van der Waals surface area contributed by atoms with Gasteiger partial charge in [0, 0.05) is 24.0 Å². The lowest BCUT2D eigenvalue weighted by molar-refractivity contribution is -0.156. The van der Waals surface area contributed by atoms with Gasteiger partial charge in [0.2, 0.25) is 11.4 Å². The zero-order valence-corrected chi connectivity index (χ0v) is 18.3. The molecule has 7 heteroatoms. The van der Waals surface area contributed by atoms with Crippen molar-refractivity contribution >= 4 is 11.9 Å². The van der Waals surface area contributed by atoms with Crippen molar-refractivity contribution in [1.29, 1.82) is 0 Å². The largest absolute Gasteiger partial charge is 0.493 e. The summed E-state index contributed by atoms with van der Waals surface area (Å²) in [7, 11) is 3.09. The molecule has 32 heavy (non-hydrogen) atoms. The number of benzene rings is 2. The summed E-state index contributed by atoms with van der Waals surface area (Å²) in [5.74, 6) is 1.17. The molecular weight excluding hydrogens is 412 g/mol. The van der Waals surface area contributed by atoms with Crippen molar-refractivity contribution in [1.82, 2.24) is 0 Å². The predicted molar refractivity (Wildman–Crippen MR) is 115 cm³/mol. The summed E-state index contributed by atoms with van der Waals surface area (Å²) >= 11 is 0. The SMILES string of the molecule is COc1ccc(-c2ccc3c(c2)COC3=O)c(OC2(C(=O)OCC3CCC3)CC2)c1OC.